The van der Waals surface area contributed by atoms with Crippen molar-refractivity contribution in [1.82, 2.24) is 0 Å². The molecule has 2 unspecified atom stereocenters. The lowest BCUT2D eigenvalue weighted by molar-refractivity contribution is -0.120. The first-order chi connectivity index (χ1) is 9.52. The number of hydrogen-bond donors (Lipinski definition) is 3. The minimum atomic E-state index is -1.04. The van der Waals surface area contributed by atoms with E-state index >= 15 is 0 Å². The van der Waals surface area contributed by atoms with Crippen molar-refractivity contribution in [2.75, 3.05) is 11.9 Å². The molecule has 1 aromatic rings. The van der Waals surface area contributed by atoms with E-state index in [2.05, 4.69) is 5.32 Å². The van der Waals surface area contributed by atoms with Crippen LogP contribution in [0.3, 0.4) is 0 Å². The lowest BCUT2D eigenvalue weighted by atomic mass is 9.95. The molecule has 2 atom stereocenters. The minimum Gasteiger partial charge on any atom is -0.478 e. The first-order valence-corrected chi connectivity index (χ1v) is 6.87. The van der Waals surface area contributed by atoms with Crippen LogP contribution in [0.1, 0.15) is 35.2 Å². The van der Waals surface area contributed by atoms with Gasteiger partial charge in [-0.25, -0.2) is 4.79 Å². The second kappa shape index (κ2) is 6.05. The van der Waals surface area contributed by atoms with Crippen LogP contribution in [-0.2, 0) is 4.79 Å². The molecule has 1 fully saturated rings. The summed E-state index contributed by atoms with van der Waals surface area (Å²) in [6, 6.07) is 4.99. The van der Waals surface area contributed by atoms with Crippen molar-refractivity contribution in [2.24, 2.45) is 17.6 Å². The molecule has 108 valence electrons. The third-order valence-electron chi connectivity index (χ3n) is 3.96. The zero-order chi connectivity index (χ0) is 14.7. The van der Waals surface area contributed by atoms with Crippen molar-refractivity contribution in [3.63, 3.8) is 0 Å². The average molecular weight is 276 g/mol. The number of carboxylic acids is 1. The molecule has 1 saturated carbocycles. The fraction of sp³-hybridized carbons (Fsp3) is 0.467. The lowest BCUT2D eigenvalue weighted by Crippen LogP contribution is -2.30. The predicted octanol–water partition coefficient (Wildman–Crippen LogP) is 2.01. The number of nitrogens with one attached hydrogen (secondary N) is 1. The third kappa shape index (κ3) is 2.99. The Balaban J connectivity index is 2.17. The maximum Gasteiger partial charge on any atom is 0.337 e. The van der Waals surface area contributed by atoms with Gasteiger partial charge >= 0.3 is 5.97 Å². The van der Waals surface area contributed by atoms with Gasteiger partial charge < -0.3 is 16.2 Å². The minimum absolute atomic E-state index is 0.108. The molecule has 0 spiro atoms. The summed E-state index contributed by atoms with van der Waals surface area (Å²) < 4.78 is 0. The summed E-state index contributed by atoms with van der Waals surface area (Å²) in [7, 11) is 0. The van der Waals surface area contributed by atoms with E-state index in [9.17, 15) is 14.7 Å². The molecule has 5 heteroatoms. The number of carbonyl (C=O) groups excluding carboxylic acids is 1. The number of aromatic carboxylic acids is 1. The Kier molecular flexibility index (Phi) is 4.39. The van der Waals surface area contributed by atoms with Crippen LogP contribution >= 0.6 is 0 Å². The number of carboxylic acid groups (broad SMARTS) is 1. The molecule has 0 aromatic heterocycles. The Hall–Kier alpha value is -1.88. The number of hydrogen-bond acceptors (Lipinski definition) is 3. The van der Waals surface area contributed by atoms with E-state index in [0.29, 0.717) is 12.2 Å². The molecule has 0 aliphatic heterocycles. The fourth-order valence-electron chi connectivity index (χ4n) is 2.83. The quantitative estimate of drug-likeness (QED) is 0.784. The summed E-state index contributed by atoms with van der Waals surface area (Å²) in [6.07, 6.45) is 2.79. The van der Waals surface area contributed by atoms with Crippen molar-refractivity contribution < 1.29 is 14.7 Å². The molecule has 2 rings (SSSR count). The van der Waals surface area contributed by atoms with Crippen LogP contribution in [0.4, 0.5) is 5.69 Å². The highest BCUT2D eigenvalue weighted by Crippen LogP contribution is 2.32. The summed E-state index contributed by atoms with van der Waals surface area (Å²) in [4.78, 5) is 23.5. The number of amides is 1. The first-order valence-electron chi connectivity index (χ1n) is 6.87. The summed E-state index contributed by atoms with van der Waals surface area (Å²) in [5.41, 5.74) is 7.01. The maximum atomic E-state index is 12.3. The number of carbonyl (C=O) groups is 2. The molecule has 0 bridgehead atoms. The van der Waals surface area contributed by atoms with E-state index in [1.807, 2.05) is 6.92 Å². The topological polar surface area (TPSA) is 92.4 Å². The molecule has 4 N–H and O–H groups in total. The monoisotopic (exact) mass is 276 g/mol. The molecule has 0 saturated heterocycles. The van der Waals surface area contributed by atoms with Crippen molar-refractivity contribution in [2.45, 2.75) is 26.2 Å². The molecule has 20 heavy (non-hydrogen) atoms. The summed E-state index contributed by atoms with van der Waals surface area (Å²) in [6.45, 7) is 2.32. The Bertz CT molecular complexity index is 528. The van der Waals surface area contributed by atoms with Gasteiger partial charge in [0, 0.05) is 5.92 Å². The van der Waals surface area contributed by atoms with E-state index in [0.717, 1.165) is 24.8 Å². The van der Waals surface area contributed by atoms with E-state index in [1.165, 1.54) is 0 Å². The van der Waals surface area contributed by atoms with Gasteiger partial charge in [0.15, 0.2) is 0 Å². The molecule has 1 amide bonds. The highest BCUT2D eigenvalue weighted by Gasteiger charge is 2.32. The van der Waals surface area contributed by atoms with Gasteiger partial charge in [-0.1, -0.05) is 18.1 Å². The first kappa shape index (κ1) is 14.5. The van der Waals surface area contributed by atoms with Gasteiger partial charge in [0.25, 0.3) is 0 Å². The summed E-state index contributed by atoms with van der Waals surface area (Å²) in [5, 5.41) is 11.9. The third-order valence-corrected chi connectivity index (χ3v) is 3.96. The number of aryl methyl sites for hydroxylation is 1. The van der Waals surface area contributed by atoms with Gasteiger partial charge in [-0.15, -0.1) is 0 Å². The Labute approximate surface area is 118 Å². The second-order valence-electron chi connectivity index (χ2n) is 5.38. The Morgan fingerprint density at radius 2 is 2.15 bits per heavy atom. The van der Waals surface area contributed by atoms with Crippen LogP contribution < -0.4 is 11.1 Å². The van der Waals surface area contributed by atoms with Crippen LogP contribution in [0.15, 0.2) is 18.2 Å². The summed E-state index contributed by atoms with van der Waals surface area (Å²) >= 11 is 0. The largest absolute Gasteiger partial charge is 0.478 e. The van der Waals surface area contributed by atoms with E-state index in [1.54, 1.807) is 18.2 Å². The second-order valence-corrected chi connectivity index (χ2v) is 5.38. The van der Waals surface area contributed by atoms with Gasteiger partial charge in [-0.05, 0) is 44.4 Å². The molecule has 1 aliphatic rings. The average Bonchev–Trinajstić information content (AvgIpc) is 2.89. The van der Waals surface area contributed by atoms with Crippen molar-refractivity contribution in [3.8, 4) is 0 Å². The molecule has 0 radical (unpaired) electrons. The predicted molar refractivity (Wildman–Crippen MR) is 76.7 cm³/mol. The highest BCUT2D eigenvalue weighted by molar-refractivity contribution is 6.01. The van der Waals surface area contributed by atoms with Crippen LogP contribution in [0.2, 0.25) is 0 Å². The van der Waals surface area contributed by atoms with Gasteiger partial charge in [0.2, 0.25) is 5.91 Å². The van der Waals surface area contributed by atoms with Gasteiger partial charge in [0.1, 0.15) is 0 Å². The molecule has 5 nitrogen and oxygen atoms in total. The van der Waals surface area contributed by atoms with Crippen LogP contribution in [-0.4, -0.2) is 23.5 Å². The lowest BCUT2D eigenvalue weighted by Gasteiger charge is -2.18. The Morgan fingerprint density at radius 1 is 1.40 bits per heavy atom. The maximum absolute atomic E-state index is 12.3. The molecule has 1 aromatic carbocycles. The number of anilines is 1. The SMILES string of the molecule is Cc1ccc(NC(=O)C2CCCC2CN)c(C(=O)O)c1. The molecular weight excluding hydrogens is 256 g/mol. The van der Waals surface area contributed by atoms with Crippen molar-refractivity contribution in [1.29, 1.82) is 0 Å². The number of nitrogens with two attached hydrogens (primary N) is 1. The van der Waals surface area contributed by atoms with Crippen LogP contribution in [0.25, 0.3) is 0 Å². The Morgan fingerprint density at radius 3 is 2.80 bits per heavy atom. The van der Waals surface area contributed by atoms with Crippen molar-refractivity contribution in [3.05, 3.63) is 29.3 Å². The van der Waals surface area contributed by atoms with Crippen molar-refractivity contribution >= 4 is 17.6 Å². The van der Waals surface area contributed by atoms with Gasteiger partial charge in [-0.2, -0.15) is 0 Å². The van der Waals surface area contributed by atoms with Crippen LogP contribution in [0, 0.1) is 18.8 Å². The zero-order valence-electron chi connectivity index (χ0n) is 11.6. The van der Waals surface area contributed by atoms with E-state index in [4.69, 9.17) is 5.73 Å². The highest BCUT2D eigenvalue weighted by atomic mass is 16.4. The smallest absolute Gasteiger partial charge is 0.337 e. The number of benzene rings is 1. The van der Waals surface area contributed by atoms with Gasteiger partial charge in [0.05, 0.1) is 11.3 Å². The fourth-order valence-corrected chi connectivity index (χ4v) is 2.83. The van der Waals surface area contributed by atoms with E-state index in [-0.39, 0.29) is 23.3 Å². The van der Waals surface area contributed by atoms with E-state index < -0.39 is 5.97 Å². The zero-order valence-corrected chi connectivity index (χ0v) is 11.6. The van der Waals surface area contributed by atoms with Gasteiger partial charge in [-0.3, -0.25) is 4.79 Å². The molecule has 1 aliphatic carbocycles. The normalized spacial score (nSPS) is 21.7. The van der Waals surface area contributed by atoms with Crippen LogP contribution in [0.5, 0.6) is 0 Å². The number of rotatable bonds is 4. The summed E-state index contributed by atoms with van der Waals surface area (Å²) in [5.74, 6) is -1.06. The molecule has 0 heterocycles. The standard InChI is InChI=1S/C15H20N2O3/c1-9-5-6-13(12(7-9)15(19)20)17-14(18)11-4-2-3-10(11)8-16/h5-7,10-11H,2-4,8,16H2,1H3,(H,17,18)(H,19,20). The molecular formula is C15H20N2O3.